The molecule has 0 unspecified atom stereocenters. The second kappa shape index (κ2) is 10.7. The lowest BCUT2D eigenvalue weighted by Crippen LogP contribution is -2.24. The first-order valence-electron chi connectivity index (χ1n) is 10.1. The van der Waals surface area contributed by atoms with E-state index in [9.17, 15) is 18.0 Å². The van der Waals surface area contributed by atoms with Crippen LogP contribution in [0.3, 0.4) is 0 Å². The number of ether oxygens (including phenoxy) is 2. The molecule has 3 aromatic rings. The summed E-state index contributed by atoms with van der Waals surface area (Å²) >= 11 is 0. The molecule has 0 amide bonds. The van der Waals surface area contributed by atoms with Crippen LogP contribution < -0.4 is 14.4 Å². The Labute approximate surface area is 190 Å². The van der Waals surface area contributed by atoms with Crippen molar-refractivity contribution in [3.63, 3.8) is 0 Å². The summed E-state index contributed by atoms with van der Waals surface area (Å²) in [6.07, 6.45) is 0.695. The van der Waals surface area contributed by atoms with E-state index < -0.39 is 6.36 Å². The number of rotatable bonds is 9. The van der Waals surface area contributed by atoms with E-state index in [-0.39, 0.29) is 11.5 Å². The Hall–Kier alpha value is -3.81. The van der Waals surface area contributed by atoms with Gasteiger partial charge in [0.25, 0.3) is 0 Å². The van der Waals surface area contributed by atoms with E-state index in [1.807, 2.05) is 41.3 Å². The molecule has 1 heterocycles. The minimum absolute atomic E-state index is 0.0831. The smallest absolute Gasteiger partial charge is 0.497 e. The largest absolute Gasteiger partial charge is 0.573 e. The number of Topliss-reactive ketones (excluding diaryl/α,β-unsaturated/α-hetero) is 1. The fraction of sp³-hybridized carbons (Fsp3) is 0.200. The minimum Gasteiger partial charge on any atom is -0.497 e. The van der Waals surface area contributed by atoms with Gasteiger partial charge in [0, 0.05) is 24.8 Å². The molecule has 5 nitrogen and oxygen atoms in total. The van der Waals surface area contributed by atoms with Crippen molar-refractivity contribution in [1.82, 2.24) is 4.98 Å². The van der Waals surface area contributed by atoms with Crippen molar-refractivity contribution in [2.24, 2.45) is 0 Å². The summed E-state index contributed by atoms with van der Waals surface area (Å²) in [5.74, 6) is 1.04. The Kier molecular flexibility index (Phi) is 7.71. The molecule has 0 saturated heterocycles. The summed E-state index contributed by atoms with van der Waals surface area (Å²) in [5, 5.41) is 0. The van der Waals surface area contributed by atoms with Gasteiger partial charge in [-0.05, 0) is 54.4 Å². The number of pyridine rings is 1. The van der Waals surface area contributed by atoms with Crippen molar-refractivity contribution < 1.29 is 27.4 Å². The number of halogens is 3. The van der Waals surface area contributed by atoms with Gasteiger partial charge in [0.1, 0.15) is 17.3 Å². The molecule has 1 aromatic heterocycles. The summed E-state index contributed by atoms with van der Waals surface area (Å²) < 4.78 is 46.3. The van der Waals surface area contributed by atoms with Crippen molar-refractivity contribution >= 4 is 17.7 Å². The first-order chi connectivity index (χ1) is 15.7. The zero-order valence-corrected chi connectivity index (χ0v) is 18.2. The van der Waals surface area contributed by atoms with E-state index in [2.05, 4.69) is 9.72 Å². The van der Waals surface area contributed by atoms with Crippen LogP contribution in [0.15, 0.2) is 72.9 Å². The fourth-order valence-electron chi connectivity index (χ4n) is 3.07. The molecule has 0 bridgehead atoms. The van der Waals surface area contributed by atoms with Crippen LogP contribution in [0.4, 0.5) is 19.0 Å². The number of ketones is 1. The normalized spacial score (nSPS) is 11.4. The molecule has 0 spiro atoms. The molecule has 0 aliphatic heterocycles. The number of hydrogen-bond acceptors (Lipinski definition) is 5. The van der Waals surface area contributed by atoms with E-state index in [4.69, 9.17) is 4.74 Å². The van der Waals surface area contributed by atoms with Crippen molar-refractivity contribution in [2.75, 3.05) is 18.6 Å². The Morgan fingerprint density at radius 3 is 2.21 bits per heavy atom. The molecule has 0 fully saturated rings. The van der Waals surface area contributed by atoms with Crippen LogP contribution in [-0.2, 0) is 6.54 Å². The van der Waals surface area contributed by atoms with E-state index in [1.54, 1.807) is 31.4 Å². The second-order valence-electron chi connectivity index (χ2n) is 7.21. The number of hydrogen-bond donors (Lipinski definition) is 0. The van der Waals surface area contributed by atoms with E-state index in [0.29, 0.717) is 24.5 Å². The van der Waals surface area contributed by atoms with Crippen molar-refractivity contribution in [2.45, 2.75) is 19.8 Å². The van der Waals surface area contributed by atoms with E-state index in [1.165, 1.54) is 25.3 Å². The van der Waals surface area contributed by atoms with Crippen LogP contribution in [0.1, 0.15) is 28.4 Å². The lowest BCUT2D eigenvalue weighted by atomic mass is 10.1. The predicted octanol–water partition coefficient (Wildman–Crippen LogP) is 5.91. The van der Waals surface area contributed by atoms with Gasteiger partial charge in [-0.15, -0.1) is 13.2 Å². The van der Waals surface area contributed by atoms with Gasteiger partial charge in [0.15, 0.2) is 5.78 Å². The van der Waals surface area contributed by atoms with Gasteiger partial charge >= 0.3 is 6.36 Å². The molecule has 0 aliphatic rings. The third-order valence-corrected chi connectivity index (χ3v) is 4.76. The Bertz CT molecular complexity index is 1080. The molecular formula is C25H23F3N2O3. The van der Waals surface area contributed by atoms with E-state index >= 15 is 0 Å². The molecular weight excluding hydrogens is 433 g/mol. The van der Waals surface area contributed by atoms with E-state index in [0.717, 1.165) is 16.9 Å². The number of alkyl halides is 3. The predicted molar refractivity (Wildman–Crippen MR) is 120 cm³/mol. The number of carbonyl (C=O) groups excluding carboxylic acids is 1. The number of methoxy groups -OCH3 is 1. The lowest BCUT2D eigenvalue weighted by Gasteiger charge is -2.23. The van der Waals surface area contributed by atoms with Crippen LogP contribution in [-0.4, -0.2) is 30.8 Å². The fourth-order valence-corrected chi connectivity index (χ4v) is 3.07. The Balaban J connectivity index is 1.77. The van der Waals surface area contributed by atoms with Gasteiger partial charge in [-0.1, -0.05) is 36.4 Å². The molecule has 33 heavy (non-hydrogen) atoms. The lowest BCUT2D eigenvalue weighted by molar-refractivity contribution is -0.274. The van der Waals surface area contributed by atoms with Crippen LogP contribution in [0.2, 0.25) is 0 Å². The van der Waals surface area contributed by atoms with Crippen LogP contribution in [0.5, 0.6) is 11.5 Å². The highest BCUT2D eigenvalue weighted by Crippen LogP contribution is 2.24. The Morgan fingerprint density at radius 2 is 1.67 bits per heavy atom. The average Bonchev–Trinajstić information content (AvgIpc) is 2.79. The maximum Gasteiger partial charge on any atom is 0.573 e. The van der Waals surface area contributed by atoms with Gasteiger partial charge in [-0.2, -0.15) is 0 Å². The summed E-state index contributed by atoms with van der Waals surface area (Å²) in [6.45, 7) is 2.35. The summed E-state index contributed by atoms with van der Waals surface area (Å²) in [7, 11) is 1.61. The topological polar surface area (TPSA) is 51.7 Å². The van der Waals surface area contributed by atoms with Crippen molar-refractivity contribution in [1.29, 1.82) is 0 Å². The van der Waals surface area contributed by atoms with Crippen LogP contribution in [0.25, 0.3) is 6.08 Å². The van der Waals surface area contributed by atoms with Gasteiger partial charge in [0.2, 0.25) is 0 Å². The van der Waals surface area contributed by atoms with Gasteiger partial charge in [0.05, 0.1) is 7.11 Å². The maximum atomic E-state index is 12.4. The average molecular weight is 456 g/mol. The molecule has 0 N–H and O–H groups in total. The molecule has 3 rings (SSSR count). The summed E-state index contributed by atoms with van der Waals surface area (Å²) in [5.41, 5.74) is 2.27. The van der Waals surface area contributed by atoms with Gasteiger partial charge in [-0.3, -0.25) is 4.79 Å². The molecule has 0 radical (unpaired) electrons. The number of aromatic nitrogens is 1. The Morgan fingerprint density at radius 1 is 1.00 bits per heavy atom. The number of anilines is 1. The monoisotopic (exact) mass is 456 g/mol. The quantitative estimate of drug-likeness (QED) is 0.375. The minimum atomic E-state index is -4.73. The molecule has 0 atom stereocenters. The SMILES string of the molecule is COc1ccc(C=CCN(Cc2ccc(OC(F)(F)F)cc2)c2ccc(C(C)=O)cn2)cc1. The third kappa shape index (κ3) is 7.38. The van der Waals surface area contributed by atoms with Gasteiger partial charge < -0.3 is 14.4 Å². The van der Waals surface area contributed by atoms with Crippen LogP contribution >= 0.6 is 0 Å². The highest BCUT2D eigenvalue weighted by molar-refractivity contribution is 5.93. The third-order valence-electron chi connectivity index (χ3n) is 4.76. The van der Waals surface area contributed by atoms with Crippen molar-refractivity contribution in [3.05, 3.63) is 89.6 Å². The molecule has 2 aromatic carbocycles. The second-order valence-corrected chi connectivity index (χ2v) is 7.21. The summed E-state index contributed by atoms with van der Waals surface area (Å²) in [4.78, 5) is 17.9. The number of benzene rings is 2. The van der Waals surface area contributed by atoms with Crippen LogP contribution in [0, 0.1) is 0 Å². The summed E-state index contributed by atoms with van der Waals surface area (Å²) in [6, 6.07) is 16.7. The molecule has 8 heteroatoms. The molecule has 172 valence electrons. The maximum absolute atomic E-state index is 12.4. The number of nitrogens with zero attached hydrogens (tertiary/aromatic N) is 2. The first kappa shape index (κ1) is 23.8. The first-order valence-corrected chi connectivity index (χ1v) is 10.1. The highest BCUT2D eigenvalue weighted by Gasteiger charge is 2.30. The molecule has 0 aliphatic carbocycles. The standard InChI is InChI=1S/C25H23F3N2O3/c1-18(31)21-9-14-24(29-16-21)30(15-3-4-19-5-10-22(32-2)11-6-19)17-20-7-12-23(13-8-20)33-25(26,27)28/h3-14,16H,15,17H2,1-2H3. The zero-order valence-electron chi connectivity index (χ0n) is 18.2. The zero-order chi connectivity index (χ0) is 23.8. The highest BCUT2D eigenvalue weighted by atomic mass is 19.4. The van der Waals surface area contributed by atoms with Gasteiger partial charge in [-0.25, -0.2) is 4.98 Å². The molecule has 0 saturated carbocycles. The number of carbonyl (C=O) groups is 1. The van der Waals surface area contributed by atoms with Crippen molar-refractivity contribution in [3.8, 4) is 11.5 Å².